The number of fused-ring (bicyclic) bond motifs is 1. The normalized spacial score (nSPS) is 22.5. The molecule has 38 heavy (non-hydrogen) atoms. The van der Waals surface area contributed by atoms with Gasteiger partial charge in [-0.25, -0.2) is 24.1 Å². The molecule has 0 bridgehead atoms. The average Bonchev–Trinajstić information content (AvgIpc) is 3.52. The van der Waals surface area contributed by atoms with Gasteiger partial charge in [0.2, 0.25) is 5.82 Å². The van der Waals surface area contributed by atoms with Crippen LogP contribution in [0.15, 0.2) is 30.6 Å². The summed E-state index contributed by atoms with van der Waals surface area (Å²) in [6, 6.07) is 5.05. The molecule has 1 saturated heterocycles. The Morgan fingerprint density at radius 3 is 2.71 bits per heavy atom. The van der Waals surface area contributed by atoms with Gasteiger partial charge in [-0.3, -0.25) is 14.3 Å². The molecular weight excluding hydrogens is 501 g/mol. The second-order valence-corrected chi connectivity index (χ2v) is 8.95. The molecule has 1 aliphatic carbocycles. The fraction of sp³-hybridized carbons (Fsp3) is 0.375. The highest BCUT2D eigenvalue weighted by molar-refractivity contribution is 5.83. The maximum absolute atomic E-state index is 13.0. The van der Waals surface area contributed by atoms with Gasteiger partial charge in [0.25, 0.3) is 5.91 Å². The summed E-state index contributed by atoms with van der Waals surface area (Å²) in [5, 5.41) is 23.8. The van der Waals surface area contributed by atoms with E-state index in [2.05, 4.69) is 32.1 Å². The number of nitrogens with zero attached hydrogens (tertiary/aromatic N) is 5. The van der Waals surface area contributed by atoms with Gasteiger partial charge in [-0.2, -0.15) is 0 Å². The van der Waals surface area contributed by atoms with Crippen LogP contribution in [0.5, 0.6) is 5.75 Å². The quantitative estimate of drug-likeness (QED) is 0.330. The Bertz CT molecular complexity index is 1430. The minimum Gasteiger partial charge on any atom is -0.410 e. The van der Waals surface area contributed by atoms with Crippen LogP contribution in [0.25, 0.3) is 11.2 Å². The number of imidazole rings is 1. The van der Waals surface area contributed by atoms with E-state index in [1.807, 2.05) is 0 Å². The Morgan fingerprint density at radius 2 is 2.00 bits per heavy atom. The highest BCUT2D eigenvalue weighted by Crippen LogP contribution is 2.33. The van der Waals surface area contributed by atoms with Crippen molar-refractivity contribution in [2.75, 3.05) is 19.3 Å². The van der Waals surface area contributed by atoms with E-state index in [1.165, 1.54) is 47.1 Å². The van der Waals surface area contributed by atoms with Crippen LogP contribution < -0.4 is 15.8 Å². The number of halogens is 1. The molecule has 2 amide bonds. The number of nitrogen functional groups attached to an aromatic ring is 1. The van der Waals surface area contributed by atoms with Gasteiger partial charge >= 0.3 is 6.09 Å². The number of aromatic nitrogens is 4. The first-order chi connectivity index (χ1) is 18.2. The predicted molar refractivity (Wildman–Crippen MR) is 129 cm³/mol. The molecular formula is C24H24FN7O6. The van der Waals surface area contributed by atoms with Gasteiger partial charge < -0.3 is 30.7 Å². The lowest BCUT2D eigenvalue weighted by Gasteiger charge is -2.16. The molecule has 14 heteroatoms. The van der Waals surface area contributed by atoms with E-state index in [1.54, 1.807) is 0 Å². The van der Waals surface area contributed by atoms with Crippen molar-refractivity contribution in [2.45, 2.75) is 43.4 Å². The van der Waals surface area contributed by atoms with Crippen LogP contribution in [0.3, 0.4) is 0 Å². The van der Waals surface area contributed by atoms with Gasteiger partial charge in [-0.1, -0.05) is 5.92 Å². The number of aliphatic hydroxyl groups excluding tert-OH is 2. The highest BCUT2D eigenvalue weighted by Gasteiger charge is 2.48. The number of benzene rings is 1. The minimum atomic E-state index is -1.46. The summed E-state index contributed by atoms with van der Waals surface area (Å²) in [6.07, 6.45) is -2.99. The fourth-order valence-electron chi connectivity index (χ4n) is 3.78. The lowest BCUT2D eigenvalue weighted by molar-refractivity contribution is -0.137. The molecule has 2 aromatic heterocycles. The van der Waals surface area contributed by atoms with E-state index in [0.29, 0.717) is 0 Å². The molecule has 1 saturated carbocycles. The lowest BCUT2D eigenvalue weighted by Crippen LogP contribution is -2.43. The number of carbonyl (C=O) groups excluding carboxylic acids is 2. The summed E-state index contributed by atoms with van der Waals surface area (Å²) in [4.78, 5) is 38.4. The SMILES string of the molecule is CN(CC#Cc1nc(N)c2ncn([C@@H]3O[C@H](C(=O)NC4CC4)[C@@H](O)[C@H]3O)c2n1)C(=O)Oc1ccc(F)cc1. The first kappa shape index (κ1) is 25.3. The van der Waals surface area contributed by atoms with Crippen LogP contribution in [-0.2, 0) is 9.53 Å². The van der Waals surface area contributed by atoms with Gasteiger partial charge in [-0.15, -0.1) is 0 Å². The molecule has 1 aromatic carbocycles. The number of nitrogens with two attached hydrogens (primary N) is 1. The maximum Gasteiger partial charge on any atom is 0.415 e. The van der Waals surface area contributed by atoms with Crippen molar-refractivity contribution < 1.29 is 33.7 Å². The number of hydrogen-bond acceptors (Lipinski definition) is 10. The summed E-state index contributed by atoms with van der Waals surface area (Å²) in [5.41, 5.74) is 6.41. The standard InChI is InChI=1S/C24H24FN7O6/c1-31(24(36)37-14-8-4-12(25)5-9-14)10-2-3-15-29-20(26)16-21(30-15)32(11-27-16)23-18(34)17(33)19(38-23)22(35)28-13-6-7-13/h4-5,8-9,11,13,17-19,23,33-34H,6-7,10H2,1H3,(H,28,35)(H2,26,29,30)/t17-,18+,19-,23+/m0/s1. The predicted octanol–water partition coefficient (Wildman–Crippen LogP) is -0.0723. The van der Waals surface area contributed by atoms with Crippen LogP contribution >= 0.6 is 0 Å². The maximum atomic E-state index is 13.0. The number of aliphatic hydroxyl groups is 2. The van der Waals surface area contributed by atoms with Crippen LogP contribution in [0.1, 0.15) is 24.9 Å². The van der Waals surface area contributed by atoms with Crippen molar-refractivity contribution in [2.24, 2.45) is 0 Å². The Morgan fingerprint density at radius 1 is 1.26 bits per heavy atom. The first-order valence-corrected chi connectivity index (χ1v) is 11.7. The molecule has 5 rings (SSSR count). The molecule has 13 nitrogen and oxygen atoms in total. The zero-order valence-electron chi connectivity index (χ0n) is 20.1. The van der Waals surface area contributed by atoms with Crippen LogP contribution in [0, 0.1) is 17.7 Å². The Balaban J connectivity index is 1.30. The second-order valence-electron chi connectivity index (χ2n) is 8.95. The van der Waals surface area contributed by atoms with E-state index in [9.17, 15) is 24.2 Å². The molecule has 3 heterocycles. The third-order valence-corrected chi connectivity index (χ3v) is 5.99. The van der Waals surface area contributed by atoms with E-state index in [0.717, 1.165) is 12.8 Å². The largest absolute Gasteiger partial charge is 0.415 e. The summed E-state index contributed by atoms with van der Waals surface area (Å²) < 4.78 is 25.2. The Hall–Kier alpha value is -4.32. The number of nitrogens with one attached hydrogen (secondary N) is 1. The number of hydrogen-bond donors (Lipinski definition) is 4. The van der Waals surface area contributed by atoms with E-state index in [-0.39, 0.29) is 41.1 Å². The van der Waals surface area contributed by atoms with Crippen molar-refractivity contribution in [1.82, 2.24) is 29.7 Å². The minimum absolute atomic E-state index is 0.00751. The molecule has 4 atom stereocenters. The zero-order chi connectivity index (χ0) is 27.0. The average molecular weight is 525 g/mol. The summed E-state index contributed by atoms with van der Waals surface area (Å²) in [5.74, 6) is 4.69. The highest BCUT2D eigenvalue weighted by atomic mass is 19.1. The first-order valence-electron chi connectivity index (χ1n) is 11.7. The molecule has 198 valence electrons. The van der Waals surface area contributed by atoms with Gasteiger partial charge in [0, 0.05) is 13.1 Å². The molecule has 0 unspecified atom stereocenters. The lowest BCUT2D eigenvalue weighted by atomic mass is 10.1. The van der Waals surface area contributed by atoms with Crippen molar-refractivity contribution in [3.8, 4) is 17.6 Å². The van der Waals surface area contributed by atoms with E-state index in [4.69, 9.17) is 15.2 Å². The number of rotatable bonds is 5. The van der Waals surface area contributed by atoms with Gasteiger partial charge in [0.15, 0.2) is 23.8 Å². The third kappa shape index (κ3) is 5.21. The molecule has 3 aromatic rings. The third-order valence-electron chi connectivity index (χ3n) is 5.99. The van der Waals surface area contributed by atoms with E-state index >= 15 is 0 Å². The van der Waals surface area contributed by atoms with Crippen LogP contribution in [0.2, 0.25) is 0 Å². The molecule has 0 spiro atoms. The van der Waals surface area contributed by atoms with Gasteiger partial charge in [0.1, 0.15) is 29.3 Å². The molecule has 2 fully saturated rings. The summed E-state index contributed by atoms with van der Waals surface area (Å²) in [6.45, 7) is -0.0466. The molecule has 0 radical (unpaired) electrons. The number of ether oxygens (including phenoxy) is 2. The van der Waals surface area contributed by atoms with Crippen molar-refractivity contribution >= 4 is 29.0 Å². The number of anilines is 1. The van der Waals surface area contributed by atoms with Crippen LogP contribution in [0.4, 0.5) is 15.0 Å². The number of amides is 2. The van der Waals surface area contributed by atoms with Crippen molar-refractivity contribution in [3.63, 3.8) is 0 Å². The molecule has 5 N–H and O–H groups in total. The van der Waals surface area contributed by atoms with Gasteiger partial charge in [0.05, 0.1) is 12.9 Å². The molecule has 2 aliphatic rings. The van der Waals surface area contributed by atoms with E-state index < -0.39 is 42.4 Å². The van der Waals surface area contributed by atoms with Gasteiger partial charge in [-0.05, 0) is 43.0 Å². The number of carbonyl (C=O) groups is 2. The topological polar surface area (TPSA) is 178 Å². The second kappa shape index (κ2) is 10.2. The van der Waals surface area contributed by atoms with Crippen molar-refractivity contribution in [3.05, 3.63) is 42.2 Å². The van der Waals surface area contributed by atoms with Crippen molar-refractivity contribution in [1.29, 1.82) is 0 Å². The monoisotopic (exact) mass is 525 g/mol. The van der Waals surface area contributed by atoms with Crippen LogP contribution in [-0.4, -0.2) is 84.6 Å². The molecule has 1 aliphatic heterocycles. The summed E-state index contributed by atoms with van der Waals surface area (Å²) >= 11 is 0. The summed E-state index contributed by atoms with van der Waals surface area (Å²) in [7, 11) is 1.47. The smallest absolute Gasteiger partial charge is 0.410 e. The Kier molecular flexibility index (Phi) is 6.81. The zero-order valence-corrected chi connectivity index (χ0v) is 20.1. The Labute approximate surface area is 215 Å². The fourth-order valence-corrected chi connectivity index (χ4v) is 3.78.